The Bertz CT molecular complexity index is 816. The number of hydrogen-bond acceptors (Lipinski definition) is 0. The van der Waals surface area contributed by atoms with Gasteiger partial charge in [0.2, 0.25) is 0 Å². The quantitative estimate of drug-likeness (QED) is 0.301. The molecule has 0 N–H and O–H groups in total. The van der Waals surface area contributed by atoms with Crippen molar-refractivity contribution in [3.8, 4) is 0 Å². The Hall–Kier alpha value is -1.69. The second-order valence-corrected chi connectivity index (χ2v) is 8.46. The van der Waals surface area contributed by atoms with Gasteiger partial charge in [0.15, 0.2) is 0 Å². The van der Waals surface area contributed by atoms with E-state index in [4.69, 9.17) is 0 Å². The van der Waals surface area contributed by atoms with E-state index >= 15 is 0 Å². The number of rotatable bonds is 8. The molecule has 0 heterocycles. The average molecular weight is 520 g/mol. The fourth-order valence-electron chi connectivity index (χ4n) is 4.07. The molecule has 0 amide bonds. The topological polar surface area (TPSA) is 0 Å². The monoisotopic (exact) mass is 520 g/mol. The largest absolute Gasteiger partial charge is 0.460 e. The highest BCUT2D eigenvalue weighted by Crippen LogP contribution is 2.62. The van der Waals surface area contributed by atoms with Crippen LogP contribution in [0.5, 0.6) is 0 Å². The Labute approximate surface area is 186 Å². The summed E-state index contributed by atoms with van der Waals surface area (Å²) in [5.74, 6) is -39.5. The molecule has 0 unspecified atom stereocenters. The lowest BCUT2D eigenvalue weighted by atomic mass is 9.74. The highest BCUT2D eigenvalue weighted by Gasteiger charge is 2.91. The molecule has 0 nitrogen and oxygen atoms in total. The molecule has 0 atom stereocenters. The summed E-state index contributed by atoms with van der Waals surface area (Å²) in [4.78, 5) is 0. The summed E-state index contributed by atoms with van der Waals surface area (Å²) in [7, 11) is 0. The van der Waals surface area contributed by atoms with E-state index in [1.165, 1.54) is 0 Å². The van der Waals surface area contributed by atoms with E-state index in [1.54, 1.807) is 24.3 Å². The molecule has 1 aromatic rings. The SMILES string of the molecule is CCCc1ccc(C2CCC(C(F)(F)C(F)(F)C(F)(F)C(F)(F)C(F)(F)C(F)(F)F)CC2)cc1. The molecular formula is C21H21F13. The lowest BCUT2D eigenvalue weighted by molar-refractivity contribution is -0.443. The highest BCUT2D eigenvalue weighted by molar-refractivity contribution is 5.26. The molecule has 196 valence electrons. The van der Waals surface area contributed by atoms with Crippen molar-refractivity contribution >= 4 is 0 Å². The van der Waals surface area contributed by atoms with Gasteiger partial charge in [-0.05, 0) is 49.1 Å². The first-order valence-corrected chi connectivity index (χ1v) is 10.3. The van der Waals surface area contributed by atoms with Crippen molar-refractivity contribution in [3.05, 3.63) is 35.4 Å². The molecule has 0 aliphatic heterocycles. The van der Waals surface area contributed by atoms with Gasteiger partial charge in [-0.1, -0.05) is 37.6 Å². The van der Waals surface area contributed by atoms with Crippen LogP contribution in [0, 0.1) is 5.92 Å². The third-order valence-electron chi connectivity index (χ3n) is 6.19. The minimum absolute atomic E-state index is 0.232. The second-order valence-electron chi connectivity index (χ2n) is 8.46. The second kappa shape index (κ2) is 9.07. The van der Waals surface area contributed by atoms with E-state index in [-0.39, 0.29) is 12.8 Å². The van der Waals surface area contributed by atoms with Crippen LogP contribution in [0.25, 0.3) is 0 Å². The number of aryl methyl sites for hydroxylation is 1. The molecule has 1 fully saturated rings. The molecule has 0 bridgehead atoms. The predicted octanol–water partition coefficient (Wildman–Crippen LogP) is 8.65. The summed E-state index contributed by atoms with van der Waals surface area (Å²) in [5.41, 5.74) is 1.62. The Morgan fingerprint density at radius 2 is 1.06 bits per heavy atom. The van der Waals surface area contributed by atoms with E-state index < -0.39 is 60.5 Å². The summed E-state index contributed by atoms with van der Waals surface area (Å²) in [6, 6.07) is 6.88. The van der Waals surface area contributed by atoms with Gasteiger partial charge in [-0.15, -0.1) is 0 Å². The molecule has 1 saturated carbocycles. The summed E-state index contributed by atoms with van der Waals surface area (Å²) in [6.07, 6.45) is -7.96. The van der Waals surface area contributed by atoms with Gasteiger partial charge in [0, 0.05) is 5.92 Å². The fourth-order valence-corrected chi connectivity index (χ4v) is 4.07. The summed E-state index contributed by atoms with van der Waals surface area (Å²) >= 11 is 0. The first kappa shape index (κ1) is 28.5. The standard InChI is InChI=1S/C21H21F13/c1-2-3-12-4-6-13(7-5-12)14-8-10-15(11-9-14)16(22,23)17(24,25)18(26,27)19(28,29)20(30,31)21(32,33)34/h4-7,14-15H,2-3,8-11H2,1H3. The fraction of sp³-hybridized carbons (Fsp3) is 0.714. The van der Waals surface area contributed by atoms with Crippen molar-refractivity contribution in [3.63, 3.8) is 0 Å². The molecule has 0 spiro atoms. The van der Waals surface area contributed by atoms with Crippen LogP contribution in [0.4, 0.5) is 57.1 Å². The van der Waals surface area contributed by atoms with Gasteiger partial charge in [-0.3, -0.25) is 0 Å². The third kappa shape index (κ3) is 4.47. The maximum atomic E-state index is 14.4. The lowest BCUT2D eigenvalue weighted by Gasteiger charge is -2.43. The van der Waals surface area contributed by atoms with Crippen molar-refractivity contribution in [1.82, 2.24) is 0 Å². The van der Waals surface area contributed by atoms with Crippen LogP contribution in [0.15, 0.2) is 24.3 Å². The maximum Gasteiger partial charge on any atom is 0.460 e. The van der Waals surface area contributed by atoms with Gasteiger partial charge < -0.3 is 0 Å². The summed E-state index contributed by atoms with van der Waals surface area (Å²) in [5, 5.41) is 0. The number of benzene rings is 1. The Morgan fingerprint density at radius 3 is 1.47 bits per heavy atom. The first-order chi connectivity index (χ1) is 15.3. The summed E-state index contributed by atoms with van der Waals surface area (Å²) in [6.45, 7) is 1.94. The number of hydrogen-bond donors (Lipinski definition) is 0. The first-order valence-electron chi connectivity index (χ1n) is 10.3. The molecule has 1 aliphatic rings. The van der Waals surface area contributed by atoms with E-state index in [0.29, 0.717) is 5.56 Å². The van der Waals surface area contributed by atoms with Crippen LogP contribution in [-0.4, -0.2) is 35.8 Å². The molecule has 13 heteroatoms. The van der Waals surface area contributed by atoms with Crippen molar-refractivity contribution in [2.75, 3.05) is 0 Å². The average Bonchev–Trinajstić information content (AvgIpc) is 2.73. The smallest absolute Gasteiger partial charge is 0.199 e. The molecule has 34 heavy (non-hydrogen) atoms. The van der Waals surface area contributed by atoms with Crippen LogP contribution in [0.2, 0.25) is 0 Å². The highest BCUT2D eigenvalue weighted by atomic mass is 19.4. The zero-order valence-electron chi connectivity index (χ0n) is 17.6. The Balaban J connectivity index is 2.24. The van der Waals surface area contributed by atoms with Gasteiger partial charge in [0.25, 0.3) is 0 Å². The summed E-state index contributed by atoms with van der Waals surface area (Å²) < 4.78 is 174. The molecular weight excluding hydrogens is 499 g/mol. The minimum atomic E-state index is -7.84. The maximum absolute atomic E-state index is 14.4. The third-order valence-corrected chi connectivity index (χ3v) is 6.19. The van der Waals surface area contributed by atoms with Crippen LogP contribution < -0.4 is 0 Å². The van der Waals surface area contributed by atoms with Crippen molar-refractivity contribution in [1.29, 1.82) is 0 Å². The Kier molecular flexibility index (Phi) is 7.62. The molecule has 0 radical (unpaired) electrons. The van der Waals surface area contributed by atoms with Crippen LogP contribution in [-0.2, 0) is 6.42 Å². The lowest BCUT2D eigenvalue weighted by Crippen LogP contribution is -2.71. The van der Waals surface area contributed by atoms with Gasteiger partial charge in [-0.25, -0.2) is 0 Å². The minimum Gasteiger partial charge on any atom is -0.199 e. The van der Waals surface area contributed by atoms with Crippen LogP contribution in [0.1, 0.15) is 56.1 Å². The molecule has 1 aliphatic carbocycles. The van der Waals surface area contributed by atoms with Gasteiger partial charge in [0.05, 0.1) is 0 Å². The van der Waals surface area contributed by atoms with Gasteiger partial charge in [-0.2, -0.15) is 57.1 Å². The normalized spacial score (nSPS) is 21.6. The predicted molar refractivity (Wildman–Crippen MR) is 95.9 cm³/mol. The van der Waals surface area contributed by atoms with Crippen molar-refractivity contribution in [2.45, 2.75) is 87.2 Å². The molecule has 0 saturated heterocycles. The van der Waals surface area contributed by atoms with E-state index in [2.05, 4.69) is 0 Å². The van der Waals surface area contributed by atoms with E-state index in [9.17, 15) is 57.1 Å². The number of alkyl halides is 13. The van der Waals surface area contributed by atoms with Crippen molar-refractivity contribution in [2.24, 2.45) is 5.92 Å². The zero-order chi connectivity index (χ0) is 26.4. The molecule has 1 aromatic carbocycles. The van der Waals surface area contributed by atoms with Crippen LogP contribution >= 0.6 is 0 Å². The van der Waals surface area contributed by atoms with E-state index in [0.717, 1.165) is 18.4 Å². The number of halogens is 13. The molecule has 2 rings (SSSR count). The van der Waals surface area contributed by atoms with Gasteiger partial charge in [0.1, 0.15) is 0 Å². The molecule has 0 aromatic heterocycles. The zero-order valence-corrected chi connectivity index (χ0v) is 17.6. The van der Waals surface area contributed by atoms with Crippen molar-refractivity contribution < 1.29 is 57.1 Å². The van der Waals surface area contributed by atoms with Crippen LogP contribution in [0.3, 0.4) is 0 Å². The Morgan fingerprint density at radius 1 is 0.618 bits per heavy atom. The van der Waals surface area contributed by atoms with Gasteiger partial charge >= 0.3 is 35.8 Å². The van der Waals surface area contributed by atoms with E-state index in [1.807, 2.05) is 6.92 Å².